The Morgan fingerprint density at radius 1 is 1.56 bits per heavy atom. The highest BCUT2D eigenvalue weighted by atomic mass is 19.1. The van der Waals surface area contributed by atoms with Crippen molar-refractivity contribution in [1.29, 1.82) is 0 Å². The monoisotopic (exact) mass is 254 g/mol. The normalized spacial score (nSPS) is 12.0. The summed E-state index contributed by atoms with van der Waals surface area (Å²) in [6.07, 6.45) is 0.921. The molecule has 0 aliphatic carbocycles. The Bertz CT molecular complexity index is 408. The van der Waals surface area contributed by atoms with Gasteiger partial charge in [-0.15, -0.1) is 0 Å². The summed E-state index contributed by atoms with van der Waals surface area (Å²) < 4.78 is 18.9. The number of amides is 1. The van der Waals surface area contributed by atoms with E-state index in [1.54, 1.807) is 26.1 Å². The molecular formula is C13H19FN2O2. The molecular weight excluding hydrogens is 235 g/mol. The van der Waals surface area contributed by atoms with Crippen molar-refractivity contribution < 1.29 is 13.9 Å². The molecule has 1 atom stereocenters. The molecule has 3 N–H and O–H groups in total. The maximum Gasteiger partial charge on any atom is 0.219 e. The van der Waals surface area contributed by atoms with E-state index < -0.39 is 5.82 Å². The van der Waals surface area contributed by atoms with Crippen molar-refractivity contribution in [2.24, 2.45) is 5.73 Å². The lowest BCUT2D eigenvalue weighted by molar-refractivity contribution is -0.120. The maximum atomic E-state index is 13.6. The molecule has 1 aromatic rings. The molecule has 0 radical (unpaired) electrons. The Hall–Kier alpha value is -1.62. The lowest BCUT2D eigenvalue weighted by Gasteiger charge is -2.10. The summed E-state index contributed by atoms with van der Waals surface area (Å²) in [4.78, 5) is 11.0. The van der Waals surface area contributed by atoms with Gasteiger partial charge in [0.1, 0.15) is 0 Å². The van der Waals surface area contributed by atoms with Crippen LogP contribution in [0.2, 0.25) is 0 Å². The molecule has 1 amide bonds. The Kier molecular flexibility index (Phi) is 5.58. The second kappa shape index (κ2) is 6.96. The molecule has 0 aromatic heterocycles. The number of hydrogen-bond acceptors (Lipinski definition) is 3. The standard InChI is InChI=1S/C13H19FN2O2/c1-9(15)10-5-6-12(11(14)8-10)18-7-3-4-13(17)16-2/h5-6,8-9H,3-4,7,15H2,1-2H3,(H,16,17)/t9-/m1/s1. The smallest absolute Gasteiger partial charge is 0.219 e. The zero-order chi connectivity index (χ0) is 13.5. The van der Waals surface area contributed by atoms with E-state index in [4.69, 9.17) is 10.5 Å². The molecule has 100 valence electrons. The van der Waals surface area contributed by atoms with Gasteiger partial charge in [0.25, 0.3) is 0 Å². The second-order valence-electron chi connectivity index (χ2n) is 4.10. The summed E-state index contributed by atoms with van der Waals surface area (Å²) in [5.41, 5.74) is 6.38. The van der Waals surface area contributed by atoms with Crippen LogP contribution in [0.15, 0.2) is 18.2 Å². The highest BCUT2D eigenvalue weighted by Gasteiger charge is 2.07. The number of halogens is 1. The summed E-state index contributed by atoms with van der Waals surface area (Å²) in [7, 11) is 1.58. The fourth-order valence-corrected chi connectivity index (χ4v) is 1.46. The highest BCUT2D eigenvalue weighted by Crippen LogP contribution is 2.21. The highest BCUT2D eigenvalue weighted by molar-refractivity contribution is 5.75. The zero-order valence-corrected chi connectivity index (χ0v) is 10.7. The first-order chi connectivity index (χ1) is 8.54. The molecule has 0 fully saturated rings. The van der Waals surface area contributed by atoms with Crippen LogP contribution < -0.4 is 15.8 Å². The first-order valence-corrected chi connectivity index (χ1v) is 5.93. The van der Waals surface area contributed by atoms with Crippen LogP contribution >= 0.6 is 0 Å². The number of nitrogens with one attached hydrogen (secondary N) is 1. The Balaban J connectivity index is 2.45. The third kappa shape index (κ3) is 4.33. The molecule has 0 spiro atoms. The van der Waals surface area contributed by atoms with E-state index in [-0.39, 0.29) is 17.7 Å². The number of ether oxygens (including phenoxy) is 1. The third-order valence-corrected chi connectivity index (χ3v) is 2.57. The molecule has 0 aliphatic heterocycles. The molecule has 0 unspecified atom stereocenters. The van der Waals surface area contributed by atoms with Gasteiger partial charge in [-0.1, -0.05) is 6.07 Å². The average Bonchev–Trinajstić information content (AvgIpc) is 2.35. The van der Waals surface area contributed by atoms with Crippen molar-refractivity contribution in [3.05, 3.63) is 29.6 Å². The molecule has 0 bridgehead atoms. The number of nitrogens with two attached hydrogens (primary N) is 1. The van der Waals surface area contributed by atoms with E-state index in [0.29, 0.717) is 19.4 Å². The van der Waals surface area contributed by atoms with Crippen molar-refractivity contribution in [2.75, 3.05) is 13.7 Å². The van der Waals surface area contributed by atoms with Crippen molar-refractivity contribution >= 4 is 5.91 Å². The van der Waals surface area contributed by atoms with Crippen molar-refractivity contribution in [2.45, 2.75) is 25.8 Å². The zero-order valence-electron chi connectivity index (χ0n) is 10.7. The summed E-state index contributed by atoms with van der Waals surface area (Å²) in [6, 6.07) is 4.47. The van der Waals surface area contributed by atoms with Gasteiger partial charge in [0.15, 0.2) is 11.6 Å². The number of hydrogen-bond donors (Lipinski definition) is 2. The quantitative estimate of drug-likeness (QED) is 0.760. The number of rotatable bonds is 6. The summed E-state index contributed by atoms with van der Waals surface area (Å²) in [5, 5.41) is 2.51. The minimum Gasteiger partial charge on any atom is -0.491 e. The van der Waals surface area contributed by atoms with Crippen molar-refractivity contribution in [1.82, 2.24) is 5.32 Å². The maximum absolute atomic E-state index is 13.6. The van der Waals surface area contributed by atoms with Crippen LogP contribution in [0, 0.1) is 5.82 Å². The molecule has 5 heteroatoms. The van der Waals surface area contributed by atoms with E-state index >= 15 is 0 Å². The van der Waals surface area contributed by atoms with E-state index in [2.05, 4.69) is 5.32 Å². The molecule has 4 nitrogen and oxygen atoms in total. The predicted octanol–water partition coefficient (Wildman–Crippen LogP) is 1.75. The Labute approximate surface area is 106 Å². The van der Waals surface area contributed by atoms with Crippen LogP contribution in [0.4, 0.5) is 4.39 Å². The van der Waals surface area contributed by atoms with E-state index in [9.17, 15) is 9.18 Å². The van der Waals surface area contributed by atoms with Gasteiger partial charge >= 0.3 is 0 Å². The van der Waals surface area contributed by atoms with Crippen LogP contribution in [0.1, 0.15) is 31.4 Å². The molecule has 0 heterocycles. The molecule has 1 aromatic carbocycles. The molecule has 0 saturated carbocycles. The van der Waals surface area contributed by atoms with Gasteiger partial charge < -0.3 is 15.8 Å². The second-order valence-corrected chi connectivity index (χ2v) is 4.10. The van der Waals surface area contributed by atoms with Gasteiger partial charge in [0.2, 0.25) is 5.91 Å². The lowest BCUT2D eigenvalue weighted by Crippen LogP contribution is -2.18. The number of carbonyl (C=O) groups is 1. The Morgan fingerprint density at radius 2 is 2.28 bits per heavy atom. The van der Waals surface area contributed by atoms with Gasteiger partial charge in [-0.25, -0.2) is 4.39 Å². The van der Waals surface area contributed by atoms with Gasteiger partial charge in [-0.05, 0) is 31.0 Å². The average molecular weight is 254 g/mol. The van der Waals surface area contributed by atoms with Crippen LogP contribution in [0.25, 0.3) is 0 Å². The van der Waals surface area contributed by atoms with Crippen LogP contribution in [0.3, 0.4) is 0 Å². The van der Waals surface area contributed by atoms with E-state index in [1.807, 2.05) is 0 Å². The predicted molar refractivity (Wildman–Crippen MR) is 67.8 cm³/mol. The summed E-state index contributed by atoms with van der Waals surface area (Å²) >= 11 is 0. The van der Waals surface area contributed by atoms with Crippen LogP contribution in [-0.4, -0.2) is 19.6 Å². The minimum absolute atomic E-state index is 0.0497. The SMILES string of the molecule is CNC(=O)CCCOc1ccc([C@@H](C)N)cc1F. The fourth-order valence-electron chi connectivity index (χ4n) is 1.46. The van der Waals surface area contributed by atoms with Crippen LogP contribution in [-0.2, 0) is 4.79 Å². The number of benzene rings is 1. The Morgan fingerprint density at radius 3 is 2.83 bits per heavy atom. The molecule has 0 saturated heterocycles. The van der Waals surface area contributed by atoms with E-state index in [1.165, 1.54) is 6.07 Å². The first kappa shape index (κ1) is 14.4. The lowest BCUT2D eigenvalue weighted by atomic mass is 10.1. The first-order valence-electron chi connectivity index (χ1n) is 5.93. The third-order valence-electron chi connectivity index (χ3n) is 2.57. The number of carbonyl (C=O) groups excluding carboxylic acids is 1. The summed E-state index contributed by atoms with van der Waals surface area (Å²) in [6.45, 7) is 2.10. The van der Waals surface area contributed by atoms with Gasteiger partial charge in [0.05, 0.1) is 6.61 Å². The topological polar surface area (TPSA) is 64.3 Å². The van der Waals surface area contributed by atoms with Crippen molar-refractivity contribution in [3.63, 3.8) is 0 Å². The van der Waals surface area contributed by atoms with Gasteiger partial charge in [0, 0.05) is 19.5 Å². The van der Waals surface area contributed by atoms with Gasteiger partial charge in [-0.3, -0.25) is 4.79 Å². The molecule has 0 aliphatic rings. The summed E-state index contributed by atoms with van der Waals surface area (Å²) in [5.74, 6) is -0.285. The van der Waals surface area contributed by atoms with E-state index in [0.717, 1.165) is 5.56 Å². The molecule has 18 heavy (non-hydrogen) atoms. The van der Waals surface area contributed by atoms with Gasteiger partial charge in [-0.2, -0.15) is 0 Å². The largest absolute Gasteiger partial charge is 0.491 e. The fraction of sp³-hybridized carbons (Fsp3) is 0.462. The molecule has 1 rings (SSSR count). The minimum atomic E-state index is -0.426. The van der Waals surface area contributed by atoms with Crippen molar-refractivity contribution in [3.8, 4) is 5.75 Å². The van der Waals surface area contributed by atoms with Crippen LogP contribution in [0.5, 0.6) is 5.75 Å².